The molecule has 0 saturated carbocycles. The molecule has 0 spiro atoms. The van der Waals surface area contributed by atoms with Gasteiger partial charge in [-0.15, -0.1) is 0 Å². The van der Waals surface area contributed by atoms with E-state index in [-0.39, 0.29) is 30.2 Å². The number of carbonyl (C=O) groups is 3. The topological polar surface area (TPSA) is 128 Å². The predicted molar refractivity (Wildman–Crippen MR) is 136 cm³/mol. The molecule has 0 radical (unpaired) electrons. The number of aryl methyl sites for hydroxylation is 2. The monoisotopic (exact) mass is 503 g/mol. The number of nitro groups is 1. The van der Waals surface area contributed by atoms with Crippen LogP contribution in [-0.4, -0.2) is 35.9 Å². The maximum Gasteiger partial charge on any atom is 0.311 e. The fraction of sp³-hybridized carbons (Fsp3) is 0.222. The van der Waals surface area contributed by atoms with Crippen molar-refractivity contribution in [1.29, 1.82) is 0 Å². The zero-order valence-corrected chi connectivity index (χ0v) is 20.3. The van der Waals surface area contributed by atoms with Crippen molar-refractivity contribution in [3.05, 3.63) is 88.0 Å². The predicted octanol–water partition coefficient (Wildman–Crippen LogP) is 4.54. The quantitative estimate of drug-likeness (QED) is 0.271. The molecule has 1 aliphatic rings. The van der Waals surface area contributed by atoms with Crippen LogP contribution in [0, 0.1) is 29.9 Å². The molecule has 1 heterocycles. The zero-order chi connectivity index (χ0) is 26.5. The Bertz CT molecular complexity index is 1350. The minimum absolute atomic E-state index is 0.0355. The molecule has 3 aromatic carbocycles. The number of carbonyl (C=O) groups excluding carboxylic acids is 3. The first-order valence-corrected chi connectivity index (χ1v) is 11.6. The normalized spacial score (nSPS) is 14.8. The number of ether oxygens (including phenoxy) is 2. The van der Waals surface area contributed by atoms with Crippen molar-refractivity contribution in [2.75, 3.05) is 23.4 Å². The Morgan fingerprint density at radius 1 is 1.03 bits per heavy atom. The summed E-state index contributed by atoms with van der Waals surface area (Å²) >= 11 is 0. The number of amides is 2. The highest BCUT2D eigenvalue weighted by Crippen LogP contribution is 2.30. The van der Waals surface area contributed by atoms with Crippen LogP contribution >= 0.6 is 0 Å². The van der Waals surface area contributed by atoms with E-state index in [2.05, 4.69) is 5.32 Å². The molecule has 0 unspecified atom stereocenters. The van der Waals surface area contributed by atoms with E-state index in [1.807, 2.05) is 32.0 Å². The van der Waals surface area contributed by atoms with Crippen LogP contribution in [0.3, 0.4) is 0 Å². The third kappa shape index (κ3) is 6.29. The van der Waals surface area contributed by atoms with Crippen molar-refractivity contribution in [3.8, 4) is 11.5 Å². The Labute approximate surface area is 212 Å². The summed E-state index contributed by atoms with van der Waals surface area (Å²) in [4.78, 5) is 48.9. The molecule has 1 aliphatic heterocycles. The highest BCUT2D eigenvalue weighted by Gasteiger charge is 2.36. The van der Waals surface area contributed by atoms with Gasteiger partial charge in [0, 0.05) is 36.5 Å². The van der Waals surface area contributed by atoms with Crippen molar-refractivity contribution < 1.29 is 28.8 Å². The van der Waals surface area contributed by atoms with Crippen molar-refractivity contribution >= 4 is 34.8 Å². The third-order valence-corrected chi connectivity index (χ3v) is 6.01. The maximum atomic E-state index is 12.6. The Morgan fingerprint density at radius 3 is 2.46 bits per heavy atom. The average molecular weight is 504 g/mol. The molecule has 1 fully saturated rings. The second-order valence-corrected chi connectivity index (χ2v) is 8.71. The van der Waals surface area contributed by atoms with Gasteiger partial charge in [-0.2, -0.15) is 0 Å². The summed E-state index contributed by atoms with van der Waals surface area (Å²) in [6.45, 7) is 3.59. The van der Waals surface area contributed by atoms with Gasteiger partial charge in [0.05, 0.1) is 10.8 Å². The first kappa shape index (κ1) is 25.4. The molecule has 10 nitrogen and oxygen atoms in total. The lowest BCUT2D eigenvalue weighted by atomic mass is 10.1. The molecule has 1 saturated heterocycles. The van der Waals surface area contributed by atoms with Gasteiger partial charge in [-0.05, 0) is 67.4 Å². The Kier molecular flexibility index (Phi) is 7.47. The second-order valence-electron chi connectivity index (χ2n) is 8.71. The SMILES string of the molecule is Cc1ccc(Oc2ccc(N3C[C@H](C(=O)OCC(=O)Nc4cccc([N+](=O)[O-])c4)CC3=O)cc2)cc1C. The number of rotatable bonds is 8. The van der Waals surface area contributed by atoms with Gasteiger partial charge in [-0.3, -0.25) is 24.5 Å². The van der Waals surface area contributed by atoms with E-state index < -0.39 is 29.3 Å². The number of hydrogen-bond donors (Lipinski definition) is 1. The van der Waals surface area contributed by atoms with E-state index in [0.717, 1.165) is 5.56 Å². The van der Waals surface area contributed by atoms with Gasteiger partial charge in [0.2, 0.25) is 5.91 Å². The molecule has 0 aliphatic carbocycles. The molecular formula is C27H25N3O7. The summed E-state index contributed by atoms with van der Waals surface area (Å²) in [6, 6.07) is 18.2. The number of nitrogens with zero attached hydrogens (tertiary/aromatic N) is 2. The Balaban J connectivity index is 1.29. The number of esters is 1. The molecule has 190 valence electrons. The van der Waals surface area contributed by atoms with E-state index >= 15 is 0 Å². The molecule has 1 N–H and O–H groups in total. The van der Waals surface area contributed by atoms with Crippen LogP contribution in [0.1, 0.15) is 17.5 Å². The van der Waals surface area contributed by atoms with Gasteiger partial charge in [0.15, 0.2) is 6.61 Å². The highest BCUT2D eigenvalue weighted by atomic mass is 16.6. The van der Waals surface area contributed by atoms with Crippen LogP contribution in [0.15, 0.2) is 66.7 Å². The minimum atomic E-state index is -0.718. The van der Waals surface area contributed by atoms with Crippen molar-refractivity contribution in [2.45, 2.75) is 20.3 Å². The van der Waals surface area contributed by atoms with Gasteiger partial charge in [0.25, 0.3) is 11.6 Å². The average Bonchev–Trinajstić information content (AvgIpc) is 3.27. The zero-order valence-electron chi connectivity index (χ0n) is 20.3. The van der Waals surface area contributed by atoms with E-state index in [1.165, 1.54) is 34.7 Å². The fourth-order valence-corrected chi connectivity index (χ4v) is 3.87. The Morgan fingerprint density at radius 2 is 1.76 bits per heavy atom. The molecule has 0 aromatic heterocycles. The maximum absolute atomic E-state index is 12.6. The molecule has 37 heavy (non-hydrogen) atoms. The molecular weight excluding hydrogens is 478 g/mol. The summed E-state index contributed by atoms with van der Waals surface area (Å²) in [5.74, 6) is -0.931. The van der Waals surface area contributed by atoms with Crippen LogP contribution in [0.4, 0.5) is 17.1 Å². The molecule has 2 amide bonds. The van der Waals surface area contributed by atoms with Crippen molar-refractivity contribution in [1.82, 2.24) is 0 Å². The number of non-ortho nitro benzene ring substituents is 1. The lowest BCUT2D eigenvalue weighted by Crippen LogP contribution is -2.28. The highest BCUT2D eigenvalue weighted by molar-refractivity contribution is 6.00. The van der Waals surface area contributed by atoms with Gasteiger partial charge >= 0.3 is 5.97 Å². The third-order valence-electron chi connectivity index (χ3n) is 6.01. The number of nitro benzene ring substituents is 1. The number of hydrogen-bond acceptors (Lipinski definition) is 7. The summed E-state index contributed by atoms with van der Waals surface area (Å²) < 4.78 is 11.0. The minimum Gasteiger partial charge on any atom is -0.457 e. The smallest absolute Gasteiger partial charge is 0.311 e. The van der Waals surface area contributed by atoms with Gasteiger partial charge in [0.1, 0.15) is 11.5 Å². The summed E-state index contributed by atoms with van der Waals surface area (Å²) in [5, 5.41) is 13.3. The number of benzene rings is 3. The van der Waals surface area contributed by atoms with Crippen LogP contribution in [0.2, 0.25) is 0 Å². The van der Waals surface area contributed by atoms with Gasteiger partial charge in [-0.25, -0.2) is 0 Å². The summed E-state index contributed by atoms with van der Waals surface area (Å²) in [5.41, 5.74) is 2.95. The molecule has 4 rings (SSSR count). The first-order valence-electron chi connectivity index (χ1n) is 11.6. The Hall–Kier alpha value is -4.73. The van der Waals surface area contributed by atoms with E-state index in [4.69, 9.17) is 9.47 Å². The number of nitrogens with one attached hydrogen (secondary N) is 1. The lowest BCUT2D eigenvalue weighted by molar-refractivity contribution is -0.384. The van der Waals surface area contributed by atoms with Crippen LogP contribution in [0.5, 0.6) is 11.5 Å². The lowest BCUT2D eigenvalue weighted by Gasteiger charge is -2.17. The molecule has 0 bridgehead atoms. The summed E-state index contributed by atoms with van der Waals surface area (Å²) in [7, 11) is 0. The van der Waals surface area contributed by atoms with Gasteiger partial charge in [-0.1, -0.05) is 12.1 Å². The van der Waals surface area contributed by atoms with Crippen LogP contribution in [0.25, 0.3) is 0 Å². The number of anilines is 2. The van der Waals surface area contributed by atoms with Crippen LogP contribution in [-0.2, 0) is 19.1 Å². The largest absolute Gasteiger partial charge is 0.457 e. The first-order chi connectivity index (χ1) is 17.7. The summed E-state index contributed by atoms with van der Waals surface area (Å²) in [6.07, 6.45) is -0.0355. The molecule has 10 heteroatoms. The second kappa shape index (κ2) is 10.9. The van der Waals surface area contributed by atoms with Crippen molar-refractivity contribution in [2.24, 2.45) is 5.92 Å². The standard InChI is InChI=1S/C27H25N3O7/c1-17-6-9-24(12-18(17)2)37-23-10-7-21(8-11-23)29-15-19(13-26(29)32)27(33)36-16-25(31)28-20-4-3-5-22(14-20)30(34)35/h3-12,14,19H,13,15-16H2,1-2H3,(H,28,31)/t19-/m1/s1. The fourth-order valence-electron chi connectivity index (χ4n) is 3.87. The molecule has 3 aromatic rings. The van der Waals surface area contributed by atoms with E-state index in [0.29, 0.717) is 17.2 Å². The van der Waals surface area contributed by atoms with Crippen molar-refractivity contribution in [3.63, 3.8) is 0 Å². The van der Waals surface area contributed by atoms with Gasteiger partial charge < -0.3 is 19.7 Å². The van der Waals surface area contributed by atoms with E-state index in [9.17, 15) is 24.5 Å². The van der Waals surface area contributed by atoms with E-state index in [1.54, 1.807) is 24.3 Å². The molecule has 1 atom stereocenters. The van der Waals surface area contributed by atoms with Crippen LogP contribution < -0.4 is 15.0 Å².